The zero-order valence-electron chi connectivity index (χ0n) is 21.4. The molecule has 2 atom stereocenters. The van der Waals surface area contributed by atoms with Gasteiger partial charge in [0.1, 0.15) is 6.17 Å². The minimum absolute atomic E-state index is 0.0128. The van der Waals surface area contributed by atoms with E-state index in [1.807, 2.05) is 58.3 Å². The second-order valence-electron chi connectivity index (χ2n) is 10.6. The van der Waals surface area contributed by atoms with Crippen molar-refractivity contribution in [2.24, 2.45) is 7.05 Å². The van der Waals surface area contributed by atoms with Gasteiger partial charge in [0, 0.05) is 43.3 Å². The maximum absolute atomic E-state index is 14.8. The number of rotatable bonds is 6. The smallest absolute Gasteiger partial charge is 0.284 e. The summed E-state index contributed by atoms with van der Waals surface area (Å²) in [6, 6.07) is 7.76. The van der Waals surface area contributed by atoms with E-state index in [-0.39, 0.29) is 29.4 Å². The number of halogens is 1. The van der Waals surface area contributed by atoms with Crippen LogP contribution in [0.2, 0.25) is 0 Å². The van der Waals surface area contributed by atoms with Crippen LogP contribution in [0.3, 0.4) is 0 Å². The molecule has 9 nitrogen and oxygen atoms in total. The zero-order valence-corrected chi connectivity index (χ0v) is 21.4. The third-order valence-corrected chi connectivity index (χ3v) is 6.50. The first-order chi connectivity index (χ1) is 17.7. The van der Waals surface area contributed by atoms with E-state index in [0.717, 1.165) is 28.1 Å². The van der Waals surface area contributed by atoms with Gasteiger partial charge in [-0.3, -0.25) is 9.48 Å². The van der Waals surface area contributed by atoms with E-state index in [2.05, 4.69) is 30.6 Å². The summed E-state index contributed by atoms with van der Waals surface area (Å²) < 4.78 is 22.1. The molecule has 1 N–H and O–H groups in total. The van der Waals surface area contributed by atoms with Crippen LogP contribution in [0, 0.1) is 0 Å². The number of hydrogen-bond acceptors (Lipinski definition) is 8. The quantitative estimate of drug-likeness (QED) is 0.277. The van der Waals surface area contributed by atoms with Crippen molar-refractivity contribution in [3.8, 4) is 11.3 Å². The minimum atomic E-state index is -0.974. The second-order valence-corrected chi connectivity index (χ2v) is 10.6. The van der Waals surface area contributed by atoms with Gasteiger partial charge in [-0.05, 0) is 42.0 Å². The van der Waals surface area contributed by atoms with Crippen molar-refractivity contribution in [3.63, 3.8) is 0 Å². The molecule has 1 aliphatic carbocycles. The maximum Gasteiger partial charge on any atom is 0.284 e. The Morgan fingerprint density at radius 3 is 2.78 bits per heavy atom. The highest BCUT2D eigenvalue weighted by Gasteiger charge is 2.29. The van der Waals surface area contributed by atoms with Crippen LogP contribution in [-0.4, -0.2) is 41.9 Å². The number of aryl methyl sites for hydroxylation is 1. The predicted octanol–water partition coefficient (Wildman–Crippen LogP) is 5.33. The van der Waals surface area contributed by atoms with E-state index in [0.29, 0.717) is 31.1 Å². The van der Waals surface area contributed by atoms with Gasteiger partial charge >= 0.3 is 0 Å². The van der Waals surface area contributed by atoms with Gasteiger partial charge in [0.25, 0.3) is 5.89 Å². The lowest BCUT2D eigenvalue weighted by Crippen LogP contribution is -2.11. The van der Waals surface area contributed by atoms with Crippen LogP contribution in [-0.2, 0) is 18.9 Å². The van der Waals surface area contributed by atoms with Crippen molar-refractivity contribution in [1.29, 1.82) is 0 Å². The molecule has 5 rings (SSSR count). The van der Waals surface area contributed by atoms with Crippen molar-refractivity contribution >= 4 is 17.4 Å². The lowest BCUT2D eigenvalue weighted by Gasteiger charge is -2.17. The highest BCUT2D eigenvalue weighted by Crippen LogP contribution is 2.37. The SMILES string of the molecule is Cn1cc(Nc2nccc(-c3ccc4c(c3)C[C@@H](F)CC[C@H]4CC(=O)c3nnc(C(C)(C)C)o3)n2)cn1. The molecule has 0 bridgehead atoms. The average molecular weight is 504 g/mol. The molecular weight excluding hydrogens is 473 g/mol. The van der Waals surface area contributed by atoms with Gasteiger partial charge in [0.05, 0.1) is 17.6 Å². The lowest BCUT2D eigenvalue weighted by molar-refractivity contribution is 0.0934. The Morgan fingerprint density at radius 1 is 1.22 bits per heavy atom. The monoisotopic (exact) mass is 503 g/mol. The van der Waals surface area contributed by atoms with Gasteiger partial charge in [0.2, 0.25) is 17.6 Å². The molecular formula is C27H30FN7O2. The summed E-state index contributed by atoms with van der Waals surface area (Å²) in [5, 5.41) is 15.3. The molecule has 0 saturated carbocycles. The van der Waals surface area contributed by atoms with Crippen LogP contribution in [0.1, 0.15) is 73.7 Å². The Morgan fingerprint density at radius 2 is 2.05 bits per heavy atom. The van der Waals surface area contributed by atoms with Crippen molar-refractivity contribution in [1.82, 2.24) is 29.9 Å². The number of nitrogens with zero attached hydrogens (tertiary/aromatic N) is 6. The third-order valence-electron chi connectivity index (χ3n) is 6.50. The first-order valence-electron chi connectivity index (χ1n) is 12.4. The Labute approximate surface area is 214 Å². The molecule has 1 aromatic carbocycles. The number of hydrogen-bond donors (Lipinski definition) is 1. The summed E-state index contributed by atoms with van der Waals surface area (Å²) in [6.45, 7) is 5.85. The summed E-state index contributed by atoms with van der Waals surface area (Å²) in [7, 11) is 1.84. The fourth-order valence-electron chi connectivity index (χ4n) is 4.58. The summed E-state index contributed by atoms with van der Waals surface area (Å²) in [5.41, 5.74) is 3.90. The van der Waals surface area contributed by atoms with Gasteiger partial charge in [-0.1, -0.05) is 32.9 Å². The molecule has 0 fully saturated rings. The lowest BCUT2D eigenvalue weighted by atomic mass is 9.87. The number of aromatic nitrogens is 6. The summed E-state index contributed by atoms with van der Waals surface area (Å²) in [6.07, 6.45) is 5.70. The number of carbonyl (C=O) groups excluding carboxylic acids is 1. The predicted molar refractivity (Wildman–Crippen MR) is 136 cm³/mol. The van der Waals surface area contributed by atoms with Crippen LogP contribution < -0.4 is 5.32 Å². The number of carbonyl (C=O) groups is 1. The number of ketones is 1. The van der Waals surface area contributed by atoms with Crippen LogP contribution in [0.4, 0.5) is 16.0 Å². The molecule has 0 amide bonds. The molecule has 0 unspecified atom stereocenters. The van der Waals surface area contributed by atoms with Crippen LogP contribution in [0.25, 0.3) is 11.3 Å². The van der Waals surface area contributed by atoms with E-state index >= 15 is 0 Å². The highest BCUT2D eigenvalue weighted by molar-refractivity contribution is 5.92. The maximum atomic E-state index is 14.8. The van der Waals surface area contributed by atoms with Crippen molar-refractivity contribution < 1.29 is 13.6 Å². The molecule has 192 valence electrons. The second kappa shape index (κ2) is 9.84. The van der Waals surface area contributed by atoms with Gasteiger partial charge in [-0.15, -0.1) is 10.2 Å². The molecule has 3 aromatic heterocycles. The van der Waals surface area contributed by atoms with E-state index in [9.17, 15) is 9.18 Å². The van der Waals surface area contributed by atoms with E-state index in [1.54, 1.807) is 17.1 Å². The average Bonchev–Trinajstić information content (AvgIpc) is 3.48. The minimum Gasteiger partial charge on any atom is -0.418 e. The highest BCUT2D eigenvalue weighted by atomic mass is 19.1. The molecule has 37 heavy (non-hydrogen) atoms. The van der Waals surface area contributed by atoms with Crippen LogP contribution in [0.15, 0.2) is 47.3 Å². The molecule has 10 heteroatoms. The topological polar surface area (TPSA) is 112 Å². The number of nitrogens with one attached hydrogen (secondary N) is 1. The number of alkyl halides is 1. The Bertz CT molecular complexity index is 1420. The largest absolute Gasteiger partial charge is 0.418 e. The fourth-order valence-corrected chi connectivity index (χ4v) is 4.58. The standard InChI is InChI=1S/C27H30FN7O2/c1-27(2,3)25-34-33-24(37-25)23(36)13-16-5-7-19(28)12-18-11-17(6-8-21(16)18)22-9-10-29-26(32-22)31-20-14-30-35(4)15-20/h6,8-11,14-16,19H,5,7,12-13H2,1-4H3,(H,29,31,32)/t16-,19-/m0/s1. The Balaban J connectivity index is 1.39. The molecule has 0 radical (unpaired) electrons. The summed E-state index contributed by atoms with van der Waals surface area (Å²) in [4.78, 5) is 21.9. The van der Waals surface area contributed by atoms with Crippen molar-refractivity contribution in [2.45, 2.75) is 64.0 Å². The first kappa shape index (κ1) is 24.7. The van der Waals surface area contributed by atoms with E-state index in [4.69, 9.17) is 4.42 Å². The molecule has 0 aliphatic heterocycles. The van der Waals surface area contributed by atoms with E-state index < -0.39 is 6.17 Å². The third kappa shape index (κ3) is 5.58. The molecule has 4 aromatic rings. The fraction of sp³-hybridized carbons (Fsp3) is 0.407. The zero-order chi connectivity index (χ0) is 26.2. The van der Waals surface area contributed by atoms with Crippen LogP contribution >= 0.6 is 0 Å². The number of Topliss-reactive ketones (excluding diaryl/α,β-unsaturated/α-hetero) is 1. The number of benzene rings is 1. The molecule has 1 aliphatic rings. The van der Waals surface area contributed by atoms with Gasteiger partial charge < -0.3 is 9.73 Å². The van der Waals surface area contributed by atoms with Gasteiger partial charge in [-0.25, -0.2) is 14.4 Å². The normalized spacial score (nSPS) is 17.8. The number of anilines is 2. The van der Waals surface area contributed by atoms with Crippen molar-refractivity contribution in [2.75, 3.05) is 5.32 Å². The Hall–Kier alpha value is -3.95. The summed E-state index contributed by atoms with van der Waals surface area (Å²) >= 11 is 0. The molecule has 0 saturated heterocycles. The first-order valence-corrected chi connectivity index (χ1v) is 12.4. The molecule has 0 spiro atoms. The van der Waals surface area contributed by atoms with Crippen molar-refractivity contribution in [3.05, 3.63) is 65.8 Å². The molecule has 3 heterocycles. The van der Waals surface area contributed by atoms with Gasteiger partial charge in [0.15, 0.2) is 0 Å². The van der Waals surface area contributed by atoms with Gasteiger partial charge in [-0.2, -0.15) is 5.10 Å². The number of fused-ring (bicyclic) bond motifs is 1. The van der Waals surface area contributed by atoms with E-state index in [1.165, 1.54) is 0 Å². The summed E-state index contributed by atoms with van der Waals surface area (Å²) in [5.74, 6) is 0.533. The van der Waals surface area contributed by atoms with Crippen LogP contribution in [0.5, 0.6) is 0 Å². The Kier molecular flexibility index (Phi) is 6.57.